The van der Waals surface area contributed by atoms with Gasteiger partial charge in [-0.1, -0.05) is 54.6 Å². The number of benzene rings is 2. The lowest BCUT2D eigenvalue weighted by atomic mass is 10.1. The minimum atomic E-state index is 0.830. The summed E-state index contributed by atoms with van der Waals surface area (Å²) in [5, 5.41) is 7.75. The molecule has 0 atom stereocenters. The van der Waals surface area contributed by atoms with Gasteiger partial charge in [-0.15, -0.1) is 11.3 Å². The van der Waals surface area contributed by atoms with Crippen molar-refractivity contribution in [3.8, 4) is 0 Å². The standard InChI is InChI=1S/C25H27N3S2/c1-19-22(23-11-5-6-12-24(23)27-19)14-16-28(18-21-10-7-17-30-21)25(29)26-15-13-20-8-3-2-4-9-20/h2-12,17,27H,13-16,18H2,1H3,(H,26,29). The zero-order valence-corrected chi connectivity index (χ0v) is 18.9. The normalized spacial score (nSPS) is 11.0. The number of aryl methyl sites for hydroxylation is 1. The molecule has 4 rings (SSSR count). The minimum absolute atomic E-state index is 0.830. The fourth-order valence-corrected chi connectivity index (χ4v) is 4.79. The predicted octanol–water partition coefficient (Wildman–Crippen LogP) is 5.70. The Bertz CT molecular complexity index is 1080. The van der Waals surface area contributed by atoms with E-state index in [4.69, 9.17) is 12.2 Å². The van der Waals surface area contributed by atoms with Crippen LogP contribution in [0.25, 0.3) is 10.9 Å². The molecule has 0 fully saturated rings. The van der Waals surface area contributed by atoms with Crippen LogP contribution in [0.1, 0.15) is 21.7 Å². The van der Waals surface area contributed by atoms with Gasteiger partial charge in [0.05, 0.1) is 6.54 Å². The lowest BCUT2D eigenvalue weighted by Gasteiger charge is -2.25. The van der Waals surface area contributed by atoms with Crippen LogP contribution in [0.15, 0.2) is 72.1 Å². The van der Waals surface area contributed by atoms with Gasteiger partial charge in [0.1, 0.15) is 0 Å². The molecule has 0 radical (unpaired) electrons. The smallest absolute Gasteiger partial charge is 0.169 e. The van der Waals surface area contributed by atoms with E-state index in [1.54, 1.807) is 11.3 Å². The number of hydrogen-bond acceptors (Lipinski definition) is 2. The van der Waals surface area contributed by atoms with E-state index in [2.05, 4.69) is 94.2 Å². The zero-order chi connectivity index (χ0) is 20.8. The van der Waals surface area contributed by atoms with Crippen LogP contribution in [0.2, 0.25) is 0 Å². The molecule has 3 nitrogen and oxygen atoms in total. The molecule has 0 aliphatic heterocycles. The summed E-state index contributed by atoms with van der Waals surface area (Å²) in [6.07, 6.45) is 1.93. The summed E-state index contributed by atoms with van der Waals surface area (Å²) >= 11 is 7.58. The number of aromatic amines is 1. The van der Waals surface area contributed by atoms with Crippen LogP contribution in [0, 0.1) is 6.92 Å². The highest BCUT2D eigenvalue weighted by Crippen LogP contribution is 2.23. The van der Waals surface area contributed by atoms with Crippen molar-refractivity contribution in [3.05, 3.63) is 93.8 Å². The lowest BCUT2D eigenvalue weighted by Crippen LogP contribution is -2.41. The Kier molecular flexibility index (Phi) is 6.82. The van der Waals surface area contributed by atoms with E-state index in [0.717, 1.165) is 37.6 Å². The van der Waals surface area contributed by atoms with Gasteiger partial charge in [0.15, 0.2) is 5.11 Å². The molecule has 4 aromatic rings. The average molecular weight is 434 g/mol. The highest BCUT2D eigenvalue weighted by Gasteiger charge is 2.14. The SMILES string of the molecule is Cc1[nH]c2ccccc2c1CCN(Cc1cccs1)C(=S)NCCc1ccccc1. The fraction of sp³-hybridized carbons (Fsp3) is 0.240. The Hall–Kier alpha value is -2.63. The van der Waals surface area contributed by atoms with E-state index in [1.807, 2.05) is 0 Å². The topological polar surface area (TPSA) is 31.1 Å². The van der Waals surface area contributed by atoms with Gasteiger partial charge in [-0.05, 0) is 60.6 Å². The van der Waals surface area contributed by atoms with Crippen LogP contribution in [0.3, 0.4) is 0 Å². The van der Waals surface area contributed by atoms with Crippen LogP contribution >= 0.6 is 23.6 Å². The second-order valence-electron chi connectivity index (χ2n) is 7.49. The molecule has 0 saturated carbocycles. The Morgan fingerprint density at radius 1 is 1.00 bits per heavy atom. The third-order valence-electron chi connectivity index (χ3n) is 5.41. The van der Waals surface area contributed by atoms with Crippen molar-refractivity contribution in [1.29, 1.82) is 0 Å². The molecular weight excluding hydrogens is 406 g/mol. The fourth-order valence-electron chi connectivity index (χ4n) is 3.82. The van der Waals surface area contributed by atoms with Crippen LogP contribution < -0.4 is 5.32 Å². The number of rotatable bonds is 8. The monoisotopic (exact) mass is 433 g/mol. The average Bonchev–Trinajstić information content (AvgIpc) is 3.39. The first kappa shape index (κ1) is 20.6. The first-order chi connectivity index (χ1) is 14.7. The van der Waals surface area contributed by atoms with Gasteiger partial charge in [0.25, 0.3) is 0 Å². The highest BCUT2D eigenvalue weighted by molar-refractivity contribution is 7.80. The number of thiocarbonyl (C=S) groups is 1. The summed E-state index contributed by atoms with van der Waals surface area (Å²) in [6.45, 7) is 4.74. The number of hydrogen-bond donors (Lipinski definition) is 2. The van der Waals surface area contributed by atoms with Crippen molar-refractivity contribution in [1.82, 2.24) is 15.2 Å². The third kappa shape index (κ3) is 5.10. The lowest BCUT2D eigenvalue weighted by molar-refractivity contribution is 0.413. The summed E-state index contributed by atoms with van der Waals surface area (Å²) in [5.74, 6) is 0. The Morgan fingerprint density at radius 3 is 2.60 bits per heavy atom. The highest BCUT2D eigenvalue weighted by atomic mass is 32.1. The summed E-state index contributed by atoms with van der Waals surface area (Å²) in [7, 11) is 0. The van der Waals surface area contributed by atoms with Gasteiger partial charge < -0.3 is 15.2 Å². The molecule has 0 spiro atoms. The number of nitrogens with zero attached hydrogens (tertiary/aromatic N) is 1. The van der Waals surface area contributed by atoms with Crippen molar-refractivity contribution in [2.75, 3.05) is 13.1 Å². The van der Waals surface area contributed by atoms with Crippen LogP contribution in [0.5, 0.6) is 0 Å². The molecule has 0 amide bonds. The first-order valence-electron chi connectivity index (χ1n) is 10.4. The van der Waals surface area contributed by atoms with Crippen molar-refractivity contribution in [2.45, 2.75) is 26.3 Å². The molecule has 154 valence electrons. The van der Waals surface area contributed by atoms with E-state index < -0.39 is 0 Å². The van der Waals surface area contributed by atoms with Gasteiger partial charge in [-0.3, -0.25) is 0 Å². The number of aromatic nitrogens is 1. The van der Waals surface area contributed by atoms with E-state index in [0.29, 0.717) is 0 Å². The maximum Gasteiger partial charge on any atom is 0.169 e. The van der Waals surface area contributed by atoms with Crippen LogP contribution in [-0.2, 0) is 19.4 Å². The van der Waals surface area contributed by atoms with Gasteiger partial charge in [-0.2, -0.15) is 0 Å². The molecule has 2 aromatic carbocycles. The quantitative estimate of drug-likeness (QED) is 0.350. The second-order valence-corrected chi connectivity index (χ2v) is 8.91. The Labute approximate surface area is 187 Å². The number of thiophene rings is 1. The molecule has 0 aliphatic rings. The van der Waals surface area contributed by atoms with E-state index in [-0.39, 0.29) is 0 Å². The minimum Gasteiger partial charge on any atom is -0.362 e. The zero-order valence-electron chi connectivity index (χ0n) is 17.2. The molecule has 2 aromatic heterocycles. The number of para-hydroxylation sites is 1. The molecule has 0 bridgehead atoms. The van der Waals surface area contributed by atoms with Crippen molar-refractivity contribution >= 4 is 39.6 Å². The maximum absolute atomic E-state index is 5.80. The maximum atomic E-state index is 5.80. The third-order valence-corrected chi connectivity index (χ3v) is 6.67. The first-order valence-corrected chi connectivity index (χ1v) is 11.6. The molecular formula is C25H27N3S2. The van der Waals surface area contributed by atoms with Gasteiger partial charge in [0.2, 0.25) is 0 Å². The van der Waals surface area contributed by atoms with Gasteiger partial charge >= 0.3 is 0 Å². The molecule has 2 N–H and O–H groups in total. The Morgan fingerprint density at radius 2 is 1.80 bits per heavy atom. The summed E-state index contributed by atoms with van der Waals surface area (Å²) in [5.41, 5.74) is 5.16. The molecule has 2 heterocycles. The predicted molar refractivity (Wildman–Crippen MR) is 132 cm³/mol. The van der Waals surface area contributed by atoms with E-state index in [9.17, 15) is 0 Å². The number of fused-ring (bicyclic) bond motifs is 1. The number of nitrogens with one attached hydrogen (secondary N) is 2. The van der Waals surface area contributed by atoms with Crippen LogP contribution in [0.4, 0.5) is 0 Å². The Balaban J connectivity index is 1.42. The molecule has 5 heteroatoms. The second kappa shape index (κ2) is 9.92. The number of H-pyrrole nitrogens is 1. The van der Waals surface area contributed by atoms with Gasteiger partial charge in [-0.25, -0.2) is 0 Å². The molecule has 30 heavy (non-hydrogen) atoms. The van der Waals surface area contributed by atoms with Crippen molar-refractivity contribution in [2.24, 2.45) is 0 Å². The molecule has 0 aliphatic carbocycles. The largest absolute Gasteiger partial charge is 0.362 e. The summed E-state index contributed by atoms with van der Waals surface area (Å²) < 4.78 is 0. The van der Waals surface area contributed by atoms with E-state index >= 15 is 0 Å². The van der Waals surface area contributed by atoms with Crippen LogP contribution in [-0.4, -0.2) is 28.1 Å². The summed E-state index contributed by atoms with van der Waals surface area (Å²) in [6, 6.07) is 23.4. The van der Waals surface area contributed by atoms with Crippen molar-refractivity contribution < 1.29 is 0 Å². The van der Waals surface area contributed by atoms with Crippen molar-refractivity contribution in [3.63, 3.8) is 0 Å². The van der Waals surface area contributed by atoms with E-state index in [1.165, 1.54) is 32.6 Å². The van der Waals surface area contributed by atoms with Gasteiger partial charge in [0, 0.05) is 34.6 Å². The molecule has 0 saturated heterocycles. The molecule has 0 unspecified atom stereocenters. The summed E-state index contributed by atoms with van der Waals surface area (Å²) in [4.78, 5) is 7.14.